The molecule has 0 radical (unpaired) electrons. The van der Waals surface area contributed by atoms with E-state index in [1.165, 1.54) is 28.0 Å². The summed E-state index contributed by atoms with van der Waals surface area (Å²) in [5, 5.41) is 8.32. The quantitative estimate of drug-likeness (QED) is 0.465. The van der Waals surface area contributed by atoms with Crippen LogP contribution < -0.4 is 4.90 Å². The first kappa shape index (κ1) is 18.7. The van der Waals surface area contributed by atoms with Gasteiger partial charge >= 0.3 is 11.9 Å². The maximum atomic E-state index is 13.2. The summed E-state index contributed by atoms with van der Waals surface area (Å²) in [6.45, 7) is 3.47. The van der Waals surface area contributed by atoms with Gasteiger partial charge in [-0.25, -0.2) is 19.2 Å². The molecule has 1 aromatic carbocycles. The number of benzene rings is 1. The van der Waals surface area contributed by atoms with E-state index in [9.17, 15) is 14.0 Å². The van der Waals surface area contributed by atoms with E-state index in [0.717, 1.165) is 0 Å². The van der Waals surface area contributed by atoms with Crippen LogP contribution in [-0.4, -0.2) is 74.5 Å². The summed E-state index contributed by atoms with van der Waals surface area (Å²) in [7, 11) is 0. The molecule has 4 rings (SSSR count). The number of carbonyl (C=O) groups is 2. The van der Waals surface area contributed by atoms with Gasteiger partial charge in [-0.05, 0) is 31.2 Å². The Balaban J connectivity index is 1.54. The predicted molar refractivity (Wildman–Crippen MR) is 99.8 cm³/mol. The molecule has 1 saturated heterocycles. The summed E-state index contributed by atoms with van der Waals surface area (Å²) in [5.74, 6) is -1.23. The predicted octanol–water partition coefficient (Wildman–Crippen LogP) is 0.561. The molecular formula is C18H18FN7O3. The molecule has 3 heterocycles. The van der Waals surface area contributed by atoms with Crippen LogP contribution in [0.5, 0.6) is 0 Å². The minimum absolute atomic E-state index is 0.160. The molecule has 0 bridgehead atoms. The van der Waals surface area contributed by atoms with Gasteiger partial charge in [-0.2, -0.15) is 4.68 Å². The van der Waals surface area contributed by atoms with Crippen molar-refractivity contribution in [2.24, 2.45) is 0 Å². The van der Waals surface area contributed by atoms with Crippen molar-refractivity contribution in [2.75, 3.05) is 37.7 Å². The van der Waals surface area contributed by atoms with E-state index in [1.54, 1.807) is 19.1 Å². The summed E-state index contributed by atoms with van der Waals surface area (Å²) in [6, 6.07) is 5.85. The topological polar surface area (TPSA) is 106 Å². The molecule has 2 aromatic heterocycles. The smallest absolute Gasteiger partial charge is 0.397 e. The summed E-state index contributed by atoms with van der Waals surface area (Å²) in [5.41, 5.74) is 1.62. The van der Waals surface area contributed by atoms with Crippen molar-refractivity contribution in [1.29, 1.82) is 0 Å². The molecule has 29 heavy (non-hydrogen) atoms. The number of esters is 1. The molecule has 0 unspecified atom stereocenters. The molecule has 1 fully saturated rings. The van der Waals surface area contributed by atoms with E-state index in [1.807, 2.05) is 4.90 Å². The Kier molecular flexibility index (Phi) is 5.02. The first-order valence-corrected chi connectivity index (χ1v) is 9.12. The average molecular weight is 399 g/mol. The Morgan fingerprint density at radius 2 is 1.83 bits per heavy atom. The third-order valence-corrected chi connectivity index (χ3v) is 4.61. The highest BCUT2D eigenvalue weighted by Gasteiger charge is 2.28. The number of piperazine rings is 1. The van der Waals surface area contributed by atoms with Gasteiger partial charge in [-0.3, -0.25) is 4.79 Å². The molecule has 10 nitrogen and oxygen atoms in total. The number of hydrogen-bond acceptors (Lipinski definition) is 8. The lowest BCUT2D eigenvalue weighted by molar-refractivity contribution is -0.160. The average Bonchev–Trinajstić information content (AvgIpc) is 3.18. The van der Waals surface area contributed by atoms with Crippen LogP contribution in [0.3, 0.4) is 0 Å². The summed E-state index contributed by atoms with van der Waals surface area (Å²) >= 11 is 0. The minimum atomic E-state index is -0.840. The van der Waals surface area contributed by atoms with Crippen molar-refractivity contribution in [3.05, 3.63) is 36.4 Å². The lowest BCUT2D eigenvalue weighted by Gasteiger charge is -2.34. The van der Waals surface area contributed by atoms with Gasteiger partial charge in [0.05, 0.1) is 12.3 Å². The van der Waals surface area contributed by atoms with Crippen molar-refractivity contribution in [3.63, 3.8) is 0 Å². The number of anilines is 1. The number of amides is 1. The van der Waals surface area contributed by atoms with Crippen molar-refractivity contribution < 1.29 is 18.7 Å². The monoisotopic (exact) mass is 399 g/mol. The molecule has 0 spiro atoms. The highest BCUT2D eigenvalue weighted by molar-refractivity contribution is 6.32. The summed E-state index contributed by atoms with van der Waals surface area (Å²) < 4.78 is 19.5. The zero-order valence-corrected chi connectivity index (χ0v) is 15.7. The van der Waals surface area contributed by atoms with Crippen molar-refractivity contribution in [3.8, 4) is 5.69 Å². The van der Waals surface area contributed by atoms with Gasteiger partial charge in [0.25, 0.3) is 0 Å². The van der Waals surface area contributed by atoms with Crippen molar-refractivity contribution in [2.45, 2.75) is 6.92 Å². The van der Waals surface area contributed by atoms with E-state index in [4.69, 9.17) is 4.74 Å². The van der Waals surface area contributed by atoms with Crippen LogP contribution >= 0.6 is 0 Å². The van der Waals surface area contributed by atoms with Gasteiger partial charge in [0.15, 0.2) is 17.0 Å². The third kappa shape index (κ3) is 3.58. The van der Waals surface area contributed by atoms with Crippen LogP contribution in [0.4, 0.5) is 10.2 Å². The van der Waals surface area contributed by atoms with Gasteiger partial charge < -0.3 is 14.5 Å². The molecule has 1 aliphatic heterocycles. The Labute approximate surface area is 164 Å². The van der Waals surface area contributed by atoms with Crippen LogP contribution in [-0.2, 0) is 14.3 Å². The fourth-order valence-corrected chi connectivity index (χ4v) is 3.17. The fourth-order valence-electron chi connectivity index (χ4n) is 3.17. The molecule has 150 valence electrons. The van der Waals surface area contributed by atoms with Gasteiger partial charge in [0.2, 0.25) is 0 Å². The first-order valence-electron chi connectivity index (χ1n) is 9.12. The second kappa shape index (κ2) is 7.78. The normalized spacial score (nSPS) is 14.3. The highest BCUT2D eigenvalue weighted by Crippen LogP contribution is 2.23. The number of ether oxygens (including phenoxy) is 1. The second-order valence-electron chi connectivity index (χ2n) is 6.35. The zero-order valence-electron chi connectivity index (χ0n) is 15.7. The SMILES string of the molecule is CCOC(=O)C(=O)N1CCN(c2ncnc3c2nnn3-c2ccc(F)cc2)CC1. The number of fused-ring (bicyclic) bond motifs is 1. The number of nitrogens with zero attached hydrogens (tertiary/aromatic N) is 7. The van der Waals surface area contributed by atoms with Gasteiger partial charge in [0, 0.05) is 26.2 Å². The van der Waals surface area contributed by atoms with Crippen LogP contribution in [0.1, 0.15) is 6.92 Å². The number of carbonyl (C=O) groups excluding carboxylic acids is 2. The fraction of sp³-hybridized carbons (Fsp3) is 0.333. The van der Waals surface area contributed by atoms with E-state index < -0.39 is 11.9 Å². The third-order valence-electron chi connectivity index (χ3n) is 4.61. The number of hydrogen-bond donors (Lipinski definition) is 0. The minimum Gasteiger partial charge on any atom is -0.459 e. The number of rotatable bonds is 3. The van der Waals surface area contributed by atoms with Crippen molar-refractivity contribution in [1.82, 2.24) is 29.9 Å². The lowest BCUT2D eigenvalue weighted by Crippen LogP contribution is -2.51. The van der Waals surface area contributed by atoms with E-state index >= 15 is 0 Å². The largest absolute Gasteiger partial charge is 0.459 e. The highest BCUT2D eigenvalue weighted by atomic mass is 19.1. The maximum absolute atomic E-state index is 13.2. The molecule has 0 atom stereocenters. The molecular weight excluding hydrogens is 381 g/mol. The molecule has 1 aliphatic rings. The second-order valence-corrected chi connectivity index (χ2v) is 6.35. The van der Waals surface area contributed by atoms with Crippen LogP contribution in [0.15, 0.2) is 30.6 Å². The van der Waals surface area contributed by atoms with Gasteiger partial charge in [0.1, 0.15) is 12.1 Å². The molecule has 0 saturated carbocycles. The Hall–Kier alpha value is -3.63. The molecule has 1 amide bonds. The zero-order chi connectivity index (χ0) is 20.4. The van der Waals surface area contributed by atoms with Crippen LogP contribution in [0.25, 0.3) is 16.9 Å². The lowest BCUT2D eigenvalue weighted by atomic mass is 10.3. The molecule has 3 aromatic rings. The molecule has 0 N–H and O–H groups in total. The van der Waals surface area contributed by atoms with Crippen LogP contribution in [0.2, 0.25) is 0 Å². The first-order chi connectivity index (χ1) is 14.1. The molecule has 11 heteroatoms. The Morgan fingerprint density at radius 3 is 2.52 bits per heavy atom. The van der Waals surface area contributed by atoms with E-state index in [2.05, 4.69) is 20.3 Å². The summed E-state index contributed by atoms with van der Waals surface area (Å²) in [6.07, 6.45) is 1.41. The molecule has 0 aliphatic carbocycles. The van der Waals surface area contributed by atoms with Crippen LogP contribution in [0, 0.1) is 5.82 Å². The standard InChI is InChI=1S/C18H18FN7O3/c1-2-29-18(28)17(27)25-9-7-24(8-10-25)15-14-16(21-11-20-15)26(23-22-14)13-5-3-12(19)4-6-13/h3-6,11H,2,7-10H2,1H3. The summed E-state index contributed by atoms with van der Waals surface area (Å²) in [4.78, 5) is 35.7. The van der Waals surface area contributed by atoms with Gasteiger partial charge in [-0.1, -0.05) is 5.21 Å². The van der Waals surface area contributed by atoms with Crippen molar-refractivity contribution >= 4 is 28.9 Å². The Bertz CT molecular complexity index is 1050. The number of aromatic nitrogens is 5. The maximum Gasteiger partial charge on any atom is 0.397 e. The van der Waals surface area contributed by atoms with E-state index in [0.29, 0.717) is 48.8 Å². The van der Waals surface area contributed by atoms with Gasteiger partial charge in [-0.15, -0.1) is 5.10 Å². The Morgan fingerprint density at radius 1 is 1.10 bits per heavy atom. The number of halogens is 1. The van der Waals surface area contributed by atoms with E-state index in [-0.39, 0.29) is 12.4 Å².